The number of piperidine rings is 1. The van der Waals surface area contributed by atoms with Gasteiger partial charge >= 0.3 is 0 Å². The predicted molar refractivity (Wildman–Crippen MR) is 106 cm³/mol. The molecule has 1 aliphatic rings. The van der Waals surface area contributed by atoms with Gasteiger partial charge in [-0.15, -0.1) is 11.3 Å². The number of benzene rings is 1. The molecule has 6 nitrogen and oxygen atoms in total. The van der Waals surface area contributed by atoms with Crippen molar-refractivity contribution in [2.75, 3.05) is 13.1 Å². The Labute approximate surface area is 170 Å². The first kappa shape index (κ1) is 19.8. The zero-order chi connectivity index (χ0) is 20.6. The Kier molecular flexibility index (Phi) is 5.26. The first-order valence-corrected chi connectivity index (χ1v) is 10.2. The van der Waals surface area contributed by atoms with E-state index in [0.29, 0.717) is 35.6 Å². The lowest BCUT2D eigenvalue weighted by Crippen LogP contribution is -2.57. The van der Waals surface area contributed by atoms with Gasteiger partial charge in [0.1, 0.15) is 23.7 Å². The SMILES string of the molecule is Cc1ncsc1COc1ccc2oc(C)c(C(=O)NC3CCNCC3(F)F)c2c1. The number of furan rings is 1. The van der Waals surface area contributed by atoms with Gasteiger partial charge in [-0.05, 0) is 45.0 Å². The lowest BCUT2D eigenvalue weighted by Gasteiger charge is -2.32. The van der Waals surface area contributed by atoms with Crippen molar-refractivity contribution in [1.82, 2.24) is 15.6 Å². The van der Waals surface area contributed by atoms with Crippen LogP contribution >= 0.6 is 11.3 Å². The molecule has 1 amide bonds. The third kappa shape index (κ3) is 3.97. The molecule has 1 aliphatic heterocycles. The zero-order valence-corrected chi connectivity index (χ0v) is 16.9. The van der Waals surface area contributed by atoms with Crippen molar-refractivity contribution in [1.29, 1.82) is 0 Å². The highest BCUT2D eigenvalue weighted by Crippen LogP contribution is 2.31. The van der Waals surface area contributed by atoms with Gasteiger partial charge in [-0.3, -0.25) is 4.79 Å². The van der Waals surface area contributed by atoms with Crippen LogP contribution in [0.3, 0.4) is 0 Å². The number of fused-ring (bicyclic) bond motifs is 1. The fourth-order valence-electron chi connectivity index (χ4n) is 3.43. The van der Waals surface area contributed by atoms with Gasteiger partial charge in [-0.1, -0.05) is 0 Å². The summed E-state index contributed by atoms with van der Waals surface area (Å²) in [5.74, 6) is -2.62. The Balaban J connectivity index is 1.57. The van der Waals surface area contributed by atoms with Crippen molar-refractivity contribution < 1.29 is 22.7 Å². The lowest BCUT2D eigenvalue weighted by molar-refractivity contribution is -0.0487. The maximum absolute atomic E-state index is 14.1. The number of carbonyl (C=O) groups is 1. The number of alkyl halides is 2. The average Bonchev–Trinajstić information content (AvgIpc) is 3.23. The van der Waals surface area contributed by atoms with Gasteiger partial charge < -0.3 is 19.8 Å². The molecule has 4 rings (SSSR count). The molecule has 0 bridgehead atoms. The van der Waals surface area contributed by atoms with Crippen molar-refractivity contribution in [2.24, 2.45) is 0 Å². The van der Waals surface area contributed by atoms with E-state index in [-0.39, 0.29) is 12.0 Å². The number of amides is 1. The van der Waals surface area contributed by atoms with E-state index >= 15 is 0 Å². The first-order valence-electron chi connectivity index (χ1n) is 9.29. The predicted octanol–water partition coefficient (Wildman–Crippen LogP) is 3.81. The van der Waals surface area contributed by atoms with Crippen molar-refractivity contribution in [3.8, 4) is 5.75 Å². The summed E-state index contributed by atoms with van der Waals surface area (Å²) < 4.78 is 39.7. The largest absolute Gasteiger partial charge is 0.488 e. The quantitative estimate of drug-likeness (QED) is 0.655. The number of hydrogen-bond donors (Lipinski definition) is 2. The molecule has 1 aromatic carbocycles. The molecule has 1 fully saturated rings. The van der Waals surface area contributed by atoms with Crippen LogP contribution in [0.2, 0.25) is 0 Å². The summed E-state index contributed by atoms with van der Waals surface area (Å²) in [7, 11) is 0. The second-order valence-corrected chi connectivity index (χ2v) is 8.03. The number of ether oxygens (including phenoxy) is 1. The summed E-state index contributed by atoms with van der Waals surface area (Å²) in [6, 6.07) is 3.96. The van der Waals surface area contributed by atoms with Crippen LogP contribution in [0.4, 0.5) is 8.78 Å². The van der Waals surface area contributed by atoms with Crippen LogP contribution in [0.5, 0.6) is 5.75 Å². The Hall–Kier alpha value is -2.52. The number of aromatic nitrogens is 1. The molecule has 3 heterocycles. The Morgan fingerprint density at radius 3 is 3.00 bits per heavy atom. The summed E-state index contributed by atoms with van der Waals surface area (Å²) in [6.07, 6.45) is 0.163. The van der Waals surface area contributed by atoms with Gasteiger partial charge in [0.15, 0.2) is 0 Å². The standard InChI is InChI=1S/C20H21F2N3O3S/c1-11-16(29-10-24-11)8-27-13-3-4-15-14(7-13)18(12(2)28-15)19(26)25-17-5-6-23-9-20(17,21)22/h3-4,7,10,17,23H,5-6,8-9H2,1-2H3,(H,25,26). The Bertz CT molecular complexity index is 1050. The molecule has 1 saturated heterocycles. The van der Waals surface area contributed by atoms with Gasteiger partial charge in [0.2, 0.25) is 0 Å². The fraction of sp³-hybridized carbons (Fsp3) is 0.400. The third-order valence-electron chi connectivity index (χ3n) is 5.06. The monoisotopic (exact) mass is 421 g/mol. The lowest BCUT2D eigenvalue weighted by atomic mass is 10.0. The van der Waals surface area contributed by atoms with Crippen LogP contribution in [0.25, 0.3) is 11.0 Å². The van der Waals surface area contributed by atoms with Crippen LogP contribution in [0.1, 0.15) is 33.1 Å². The maximum atomic E-state index is 14.1. The van der Waals surface area contributed by atoms with Gasteiger partial charge in [-0.25, -0.2) is 13.8 Å². The topological polar surface area (TPSA) is 76.4 Å². The number of nitrogens with one attached hydrogen (secondary N) is 2. The molecule has 1 unspecified atom stereocenters. The molecule has 0 aliphatic carbocycles. The normalized spacial score (nSPS) is 18.7. The van der Waals surface area contributed by atoms with Crippen LogP contribution in [-0.2, 0) is 6.61 Å². The highest BCUT2D eigenvalue weighted by Gasteiger charge is 2.42. The molecule has 2 N–H and O–H groups in total. The molecular weight excluding hydrogens is 400 g/mol. The van der Waals surface area contributed by atoms with E-state index in [9.17, 15) is 13.6 Å². The number of carbonyl (C=O) groups excluding carboxylic acids is 1. The number of nitrogens with zero attached hydrogens (tertiary/aromatic N) is 1. The molecule has 1 atom stereocenters. The van der Waals surface area contributed by atoms with Gasteiger partial charge in [0.25, 0.3) is 11.8 Å². The highest BCUT2D eigenvalue weighted by molar-refractivity contribution is 7.09. The second-order valence-electron chi connectivity index (χ2n) is 7.09. The molecule has 9 heteroatoms. The first-order chi connectivity index (χ1) is 13.8. The third-order valence-corrected chi connectivity index (χ3v) is 5.97. The minimum absolute atomic E-state index is 0.163. The number of thiazole rings is 1. The minimum Gasteiger partial charge on any atom is -0.488 e. The van der Waals surface area contributed by atoms with E-state index in [1.54, 1.807) is 30.6 Å². The van der Waals surface area contributed by atoms with Gasteiger partial charge in [0, 0.05) is 5.39 Å². The fourth-order valence-corrected chi connectivity index (χ4v) is 4.12. The summed E-state index contributed by atoms with van der Waals surface area (Å²) in [5.41, 5.74) is 3.44. The van der Waals surface area contributed by atoms with Gasteiger partial charge in [-0.2, -0.15) is 0 Å². The van der Waals surface area contributed by atoms with Crippen molar-refractivity contribution in [3.63, 3.8) is 0 Å². The summed E-state index contributed by atoms with van der Waals surface area (Å²) in [4.78, 5) is 18.0. The number of hydrogen-bond acceptors (Lipinski definition) is 6. The van der Waals surface area contributed by atoms with Gasteiger partial charge in [0.05, 0.1) is 34.2 Å². The smallest absolute Gasteiger partial charge is 0.280 e. The van der Waals surface area contributed by atoms with Crippen LogP contribution < -0.4 is 15.4 Å². The maximum Gasteiger partial charge on any atom is 0.280 e. The molecule has 0 radical (unpaired) electrons. The molecule has 3 aromatic rings. The van der Waals surface area contributed by atoms with E-state index in [1.807, 2.05) is 6.92 Å². The van der Waals surface area contributed by atoms with Crippen molar-refractivity contribution in [2.45, 2.75) is 38.8 Å². The van der Waals surface area contributed by atoms with Crippen molar-refractivity contribution >= 4 is 28.2 Å². The molecule has 154 valence electrons. The summed E-state index contributed by atoms with van der Waals surface area (Å²) >= 11 is 1.51. The second kappa shape index (κ2) is 7.72. The Morgan fingerprint density at radius 1 is 1.45 bits per heavy atom. The Morgan fingerprint density at radius 2 is 2.28 bits per heavy atom. The highest BCUT2D eigenvalue weighted by atomic mass is 32.1. The molecule has 29 heavy (non-hydrogen) atoms. The van der Waals surface area contributed by atoms with Crippen molar-refractivity contribution in [3.05, 3.63) is 45.6 Å². The molecular formula is C20H21F2N3O3S. The number of halogens is 2. The van der Waals surface area contributed by atoms with Crippen LogP contribution in [0, 0.1) is 13.8 Å². The number of rotatable bonds is 5. The molecule has 0 spiro atoms. The summed E-state index contributed by atoms with van der Waals surface area (Å²) in [5, 5.41) is 5.68. The van der Waals surface area contributed by atoms with Crippen LogP contribution in [-0.4, -0.2) is 35.9 Å². The number of aryl methyl sites for hydroxylation is 2. The zero-order valence-electron chi connectivity index (χ0n) is 16.1. The average molecular weight is 421 g/mol. The minimum atomic E-state index is -3.00. The molecule has 2 aromatic heterocycles. The van der Waals surface area contributed by atoms with E-state index in [1.165, 1.54) is 11.3 Å². The summed E-state index contributed by atoms with van der Waals surface area (Å²) in [6.45, 7) is 3.91. The van der Waals surface area contributed by atoms with Crippen LogP contribution in [0.15, 0.2) is 28.1 Å². The molecule has 0 saturated carbocycles. The van der Waals surface area contributed by atoms with E-state index in [0.717, 1.165) is 10.6 Å². The van der Waals surface area contributed by atoms with E-state index < -0.39 is 24.4 Å². The van der Waals surface area contributed by atoms with E-state index in [2.05, 4.69) is 15.6 Å². The van der Waals surface area contributed by atoms with E-state index in [4.69, 9.17) is 9.15 Å².